The number of halogens is 2. The lowest BCUT2D eigenvalue weighted by molar-refractivity contribution is -0.115. The number of carbonyl (C=O) groups excluding carboxylic acids is 2. The van der Waals surface area contributed by atoms with Crippen LogP contribution in [0.15, 0.2) is 53.0 Å². The van der Waals surface area contributed by atoms with E-state index in [1.165, 1.54) is 36.0 Å². The van der Waals surface area contributed by atoms with E-state index in [4.69, 9.17) is 0 Å². The number of carbonyl (C=O) groups is 2. The summed E-state index contributed by atoms with van der Waals surface area (Å²) in [5, 5.41) is 5.07. The van der Waals surface area contributed by atoms with Gasteiger partial charge in [0.25, 0.3) is 0 Å². The number of hydrogen-bond donors (Lipinski definition) is 2. The molecule has 1 atom stereocenters. The molecule has 0 aliphatic carbocycles. The zero-order chi connectivity index (χ0) is 17.5. The van der Waals surface area contributed by atoms with Crippen LogP contribution in [0.1, 0.15) is 6.92 Å². The van der Waals surface area contributed by atoms with Crippen molar-refractivity contribution in [3.05, 3.63) is 58.8 Å². The zero-order valence-corrected chi connectivity index (χ0v) is 15.3. The van der Waals surface area contributed by atoms with Gasteiger partial charge in [0.15, 0.2) is 0 Å². The molecule has 4 nitrogen and oxygen atoms in total. The normalized spacial score (nSPS) is 11.6. The minimum atomic E-state index is -0.382. The maximum atomic E-state index is 12.8. The molecule has 24 heavy (non-hydrogen) atoms. The number of benzene rings is 2. The van der Waals surface area contributed by atoms with Crippen molar-refractivity contribution in [2.45, 2.75) is 12.2 Å². The van der Waals surface area contributed by atoms with Gasteiger partial charge >= 0.3 is 0 Å². The number of rotatable bonds is 6. The van der Waals surface area contributed by atoms with Crippen LogP contribution < -0.4 is 10.6 Å². The fourth-order valence-corrected chi connectivity index (χ4v) is 2.73. The molecule has 2 amide bonds. The van der Waals surface area contributed by atoms with Crippen molar-refractivity contribution in [1.82, 2.24) is 0 Å². The van der Waals surface area contributed by atoms with Crippen molar-refractivity contribution in [1.29, 1.82) is 0 Å². The fourth-order valence-electron chi connectivity index (χ4n) is 1.78. The maximum absolute atomic E-state index is 12.8. The molecule has 0 heterocycles. The highest BCUT2D eigenvalue weighted by atomic mass is 79.9. The van der Waals surface area contributed by atoms with Crippen LogP contribution >= 0.6 is 27.7 Å². The van der Waals surface area contributed by atoms with Crippen LogP contribution in [0.4, 0.5) is 15.8 Å². The van der Waals surface area contributed by atoms with Gasteiger partial charge in [0.1, 0.15) is 5.82 Å². The standard InChI is InChI=1S/C17H16BrFN2O2S/c1-11(17(23)21-15-6-2-12(18)3-7-15)24-10-16(22)20-14-8-4-13(19)5-9-14/h2-9,11H,10H2,1H3,(H,20,22)(H,21,23). The molecule has 0 aliphatic heterocycles. The van der Waals surface area contributed by atoms with Crippen LogP contribution in [-0.4, -0.2) is 22.8 Å². The van der Waals surface area contributed by atoms with Crippen LogP contribution in [0, 0.1) is 5.82 Å². The summed E-state index contributed by atoms with van der Waals surface area (Å²) in [5.41, 5.74) is 1.22. The van der Waals surface area contributed by atoms with E-state index in [1.807, 2.05) is 12.1 Å². The summed E-state index contributed by atoms with van der Waals surface area (Å²) in [6, 6.07) is 12.8. The van der Waals surface area contributed by atoms with Crippen LogP contribution in [-0.2, 0) is 9.59 Å². The number of nitrogens with one attached hydrogen (secondary N) is 2. The number of thioether (sulfide) groups is 1. The minimum Gasteiger partial charge on any atom is -0.325 e. The lowest BCUT2D eigenvalue weighted by Crippen LogP contribution is -2.25. The Morgan fingerprint density at radius 2 is 1.58 bits per heavy atom. The quantitative estimate of drug-likeness (QED) is 0.746. The molecule has 2 aromatic rings. The molecule has 0 fully saturated rings. The van der Waals surface area contributed by atoms with Crippen molar-refractivity contribution < 1.29 is 14.0 Å². The van der Waals surface area contributed by atoms with Crippen molar-refractivity contribution in [3.63, 3.8) is 0 Å². The second-order valence-corrected chi connectivity index (χ2v) is 7.25. The molecule has 0 spiro atoms. The second-order valence-electron chi connectivity index (χ2n) is 5.00. The van der Waals surface area contributed by atoms with Gasteiger partial charge < -0.3 is 10.6 Å². The second kappa shape index (κ2) is 8.84. The maximum Gasteiger partial charge on any atom is 0.237 e. The summed E-state index contributed by atoms with van der Waals surface area (Å²) in [7, 11) is 0. The molecule has 0 aromatic heterocycles. The van der Waals surface area contributed by atoms with Gasteiger partial charge in [-0.1, -0.05) is 15.9 Å². The monoisotopic (exact) mass is 410 g/mol. The highest BCUT2D eigenvalue weighted by molar-refractivity contribution is 9.10. The topological polar surface area (TPSA) is 58.2 Å². The average Bonchev–Trinajstić information content (AvgIpc) is 2.57. The Labute approximate surface area is 152 Å². The average molecular weight is 411 g/mol. The first kappa shape index (κ1) is 18.5. The minimum absolute atomic E-state index is 0.131. The Balaban J connectivity index is 1.77. The first-order chi connectivity index (χ1) is 11.4. The fraction of sp³-hybridized carbons (Fsp3) is 0.176. The summed E-state index contributed by atoms with van der Waals surface area (Å²) < 4.78 is 13.7. The molecular weight excluding hydrogens is 395 g/mol. The molecule has 0 radical (unpaired) electrons. The molecule has 7 heteroatoms. The molecule has 1 unspecified atom stereocenters. The van der Waals surface area contributed by atoms with Gasteiger partial charge in [-0.2, -0.15) is 0 Å². The summed E-state index contributed by atoms with van der Waals surface area (Å²) in [6.07, 6.45) is 0. The van der Waals surface area contributed by atoms with Gasteiger partial charge in [0.05, 0.1) is 11.0 Å². The number of amides is 2. The van der Waals surface area contributed by atoms with Gasteiger partial charge in [-0.15, -0.1) is 11.8 Å². The smallest absolute Gasteiger partial charge is 0.237 e. The predicted molar refractivity (Wildman–Crippen MR) is 99.7 cm³/mol. The number of hydrogen-bond acceptors (Lipinski definition) is 3. The highest BCUT2D eigenvalue weighted by Crippen LogP contribution is 2.17. The molecule has 2 aromatic carbocycles. The van der Waals surface area contributed by atoms with Gasteiger partial charge in [-0.25, -0.2) is 4.39 Å². The SMILES string of the molecule is CC(SCC(=O)Nc1ccc(F)cc1)C(=O)Nc1ccc(Br)cc1. The summed E-state index contributed by atoms with van der Waals surface area (Å²) >= 11 is 4.56. The Bertz CT molecular complexity index is 708. The van der Waals surface area contributed by atoms with Crippen molar-refractivity contribution in [2.75, 3.05) is 16.4 Å². The van der Waals surface area contributed by atoms with E-state index >= 15 is 0 Å². The molecule has 0 aliphatic rings. The summed E-state index contributed by atoms with van der Waals surface area (Å²) in [6.45, 7) is 1.74. The zero-order valence-electron chi connectivity index (χ0n) is 12.9. The lowest BCUT2D eigenvalue weighted by Gasteiger charge is -2.12. The summed E-state index contributed by atoms with van der Waals surface area (Å²) in [5.74, 6) is -0.640. The van der Waals surface area contributed by atoms with Gasteiger partial charge in [0, 0.05) is 15.8 Å². The van der Waals surface area contributed by atoms with Crippen LogP contribution in [0.25, 0.3) is 0 Å². The number of anilines is 2. The first-order valence-electron chi connectivity index (χ1n) is 7.17. The molecule has 2 N–H and O–H groups in total. The third kappa shape index (κ3) is 5.98. The molecule has 0 saturated heterocycles. The third-order valence-corrected chi connectivity index (χ3v) is 4.74. The third-order valence-electron chi connectivity index (χ3n) is 3.07. The molecule has 2 rings (SSSR count). The van der Waals surface area contributed by atoms with E-state index in [2.05, 4.69) is 26.6 Å². The van der Waals surface area contributed by atoms with E-state index in [9.17, 15) is 14.0 Å². The van der Waals surface area contributed by atoms with Crippen molar-refractivity contribution in [2.24, 2.45) is 0 Å². The molecule has 0 saturated carbocycles. The van der Waals surface area contributed by atoms with Gasteiger partial charge in [0.2, 0.25) is 11.8 Å². The highest BCUT2D eigenvalue weighted by Gasteiger charge is 2.15. The van der Waals surface area contributed by atoms with Crippen LogP contribution in [0.3, 0.4) is 0 Å². The Morgan fingerprint density at radius 1 is 1.04 bits per heavy atom. The van der Waals surface area contributed by atoms with E-state index in [-0.39, 0.29) is 28.6 Å². The van der Waals surface area contributed by atoms with E-state index in [0.717, 1.165) is 4.47 Å². The van der Waals surface area contributed by atoms with E-state index in [0.29, 0.717) is 11.4 Å². The first-order valence-corrected chi connectivity index (χ1v) is 9.01. The predicted octanol–water partition coefficient (Wildman–Crippen LogP) is 4.29. The van der Waals surface area contributed by atoms with Crippen molar-refractivity contribution >= 4 is 50.9 Å². The molecule has 126 valence electrons. The van der Waals surface area contributed by atoms with E-state index < -0.39 is 0 Å². The summed E-state index contributed by atoms with van der Waals surface area (Å²) in [4.78, 5) is 23.9. The van der Waals surface area contributed by atoms with Gasteiger partial charge in [-0.3, -0.25) is 9.59 Å². The van der Waals surface area contributed by atoms with Gasteiger partial charge in [-0.05, 0) is 55.5 Å². The van der Waals surface area contributed by atoms with Crippen LogP contribution in [0.5, 0.6) is 0 Å². The molecule has 0 bridgehead atoms. The molecular formula is C17H16BrFN2O2S. The Morgan fingerprint density at radius 3 is 2.21 bits per heavy atom. The van der Waals surface area contributed by atoms with Crippen LogP contribution in [0.2, 0.25) is 0 Å². The van der Waals surface area contributed by atoms with Crippen molar-refractivity contribution in [3.8, 4) is 0 Å². The Kier molecular flexibility index (Phi) is 6.81. The van der Waals surface area contributed by atoms with E-state index in [1.54, 1.807) is 19.1 Å². The lowest BCUT2D eigenvalue weighted by atomic mass is 10.3. The largest absolute Gasteiger partial charge is 0.325 e. The Hall–Kier alpha value is -1.86.